The summed E-state index contributed by atoms with van der Waals surface area (Å²) in [6, 6.07) is 12.3. The number of nitrogens with zero attached hydrogens (tertiary/aromatic N) is 4. The quantitative estimate of drug-likeness (QED) is 0.684. The fraction of sp³-hybridized carbons (Fsp3) is 0.111. The first-order valence-electron chi connectivity index (χ1n) is 6.55. The van der Waals surface area contributed by atoms with Gasteiger partial charge in [-0.1, -0.05) is 50.2 Å². The largest absolute Gasteiger partial charge is 0.527 e. The molecule has 22 heavy (non-hydrogen) atoms. The van der Waals surface area contributed by atoms with E-state index < -0.39 is 0 Å². The van der Waals surface area contributed by atoms with Gasteiger partial charge in [-0.25, -0.2) is 10.1 Å². The monoisotopic (exact) mass is 284 g/mol. The van der Waals surface area contributed by atoms with Gasteiger partial charge in [0.25, 0.3) is 5.70 Å². The molecule has 0 spiro atoms. The molecule has 0 radical (unpaired) electrons. The van der Waals surface area contributed by atoms with Crippen LogP contribution in [-0.4, -0.2) is 0 Å². The standard InChI is InChI=1S/C16H6N4.C2H6/c1-18-15(10-17)13-8-9-14(16(19-2)20-3)12-7-5-4-6-11(12)13;1-2/h4-9H;1-2H3/b15-13-;. The Bertz CT molecular complexity index is 873. The van der Waals surface area contributed by atoms with Crippen LogP contribution in [-0.2, 0) is 0 Å². The van der Waals surface area contributed by atoms with E-state index in [1.54, 1.807) is 36.4 Å². The predicted octanol–water partition coefficient (Wildman–Crippen LogP) is 3.32. The van der Waals surface area contributed by atoms with Crippen LogP contribution in [0, 0.1) is 31.0 Å². The number of fused-ring (bicyclic) bond motifs is 1. The first-order chi connectivity index (χ1) is 10.8. The van der Waals surface area contributed by atoms with Crippen molar-refractivity contribution in [2.45, 2.75) is 13.8 Å². The molecule has 0 unspecified atom stereocenters. The van der Waals surface area contributed by atoms with E-state index in [9.17, 15) is 0 Å². The first-order valence-corrected chi connectivity index (χ1v) is 6.55. The number of hydrogen-bond acceptors (Lipinski definition) is 1. The second-order valence-electron chi connectivity index (χ2n) is 3.83. The van der Waals surface area contributed by atoms with E-state index in [0.717, 1.165) is 0 Å². The fourth-order valence-electron chi connectivity index (χ4n) is 1.99. The number of hydrogen-bond donors (Lipinski definition) is 0. The van der Waals surface area contributed by atoms with Gasteiger partial charge in [0.15, 0.2) is 0 Å². The third kappa shape index (κ3) is 2.94. The SMILES string of the molecule is CC.[C-]#[N+]C([N+]#[C-])=c1cc/c(=C(\C#N)[N+]#[C-])c2ccccc12. The summed E-state index contributed by atoms with van der Waals surface area (Å²) in [6.07, 6.45) is 0. The number of nitriles is 1. The summed E-state index contributed by atoms with van der Waals surface area (Å²) in [5.74, 6) is -0.0194. The lowest BCUT2D eigenvalue weighted by molar-refractivity contribution is 1.50. The molecule has 104 valence electrons. The zero-order valence-corrected chi connectivity index (χ0v) is 12.3. The van der Waals surface area contributed by atoms with E-state index in [0.29, 0.717) is 21.2 Å². The Morgan fingerprint density at radius 2 is 1.36 bits per heavy atom. The maximum Gasteiger partial charge on any atom is 0.527 e. The second-order valence-corrected chi connectivity index (χ2v) is 3.83. The normalized spacial score (nSPS) is 9.91. The molecule has 0 N–H and O–H groups in total. The summed E-state index contributed by atoms with van der Waals surface area (Å²) in [6.45, 7) is 25.1. The predicted molar refractivity (Wildman–Crippen MR) is 86.8 cm³/mol. The Labute approximate surface area is 129 Å². The molecule has 2 aromatic carbocycles. The molecule has 0 bridgehead atoms. The highest BCUT2D eigenvalue weighted by Gasteiger charge is 2.09. The summed E-state index contributed by atoms with van der Waals surface area (Å²) in [5, 5.41) is 11.4. The number of benzene rings is 2. The van der Waals surface area contributed by atoms with E-state index in [4.69, 9.17) is 25.0 Å². The Hall–Kier alpha value is -3.60. The molecule has 0 saturated heterocycles. The molecule has 0 aliphatic heterocycles. The summed E-state index contributed by atoms with van der Waals surface area (Å²) < 4.78 is 0. The van der Waals surface area contributed by atoms with Crippen LogP contribution in [0.1, 0.15) is 13.8 Å². The van der Waals surface area contributed by atoms with Crippen LogP contribution in [0.4, 0.5) is 0 Å². The molecule has 4 nitrogen and oxygen atoms in total. The molecule has 2 rings (SSSR count). The molecule has 0 aliphatic carbocycles. The van der Waals surface area contributed by atoms with Gasteiger partial charge in [-0.05, 0) is 16.0 Å². The van der Waals surface area contributed by atoms with Crippen molar-refractivity contribution in [3.63, 3.8) is 0 Å². The summed E-state index contributed by atoms with van der Waals surface area (Å²) in [7, 11) is 0. The lowest BCUT2D eigenvalue weighted by Crippen LogP contribution is -2.14. The van der Waals surface area contributed by atoms with Gasteiger partial charge in [-0.15, -0.1) is 0 Å². The van der Waals surface area contributed by atoms with Crippen molar-refractivity contribution in [3.05, 3.63) is 81.1 Å². The van der Waals surface area contributed by atoms with Crippen molar-refractivity contribution in [3.8, 4) is 6.07 Å². The van der Waals surface area contributed by atoms with Crippen LogP contribution in [0.2, 0.25) is 0 Å². The lowest BCUT2D eigenvalue weighted by atomic mass is 10.0. The van der Waals surface area contributed by atoms with Gasteiger partial charge in [0.1, 0.15) is 13.1 Å². The maximum absolute atomic E-state index is 9.01. The van der Waals surface area contributed by atoms with E-state index in [-0.39, 0.29) is 11.5 Å². The molecular formula is C18H12N4. The van der Waals surface area contributed by atoms with Crippen molar-refractivity contribution in [2.24, 2.45) is 0 Å². The van der Waals surface area contributed by atoms with Crippen LogP contribution in [0.5, 0.6) is 0 Å². The molecule has 0 atom stereocenters. The van der Waals surface area contributed by atoms with Crippen LogP contribution in [0.3, 0.4) is 0 Å². The van der Waals surface area contributed by atoms with Gasteiger partial charge in [0.2, 0.25) is 0 Å². The minimum atomic E-state index is -0.0194. The van der Waals surface area contributed by atoms with Crippen molar-refractivity contribution in [1.82, 2.24) is 0 Å². The Balaban J connectivity index is 0.00000116. The fourth-order valence-corrected chi connectivity index (χ4v) is 1.99. The van der Waals surface area contributed by atoms with Gasteiger partial charge in [-0.2, -0.15) is 9.69 Å². The Kier molecular flexibility index (Phi) is 5.88. The average Bonchev–Trinajstić information content (AvgIpc) is 2.60. The zero-order valence-electron chi connectivity index (χ0n) is 12.3. The van der Waals surface area contributed by atoms with E-state index in [1.807, 2.05) is 19.9 Å². The minimum absolute atomic E-state index is 0.0000699. The molecule has 0 aliphatic rings. The average molecular weight is 284 g/mol. The summed E-state index contributed by atoms with van der Waals surface area (Å²) in [4.78, 5) is 9.66. The summed E-state index contributed by atoms with van der Waals surface area (Å²) in [5.41, 5.74) is -0.0000699. The van der Waals surface area contributed by atoms with Gasteiger partial charge < -0.3 is 0 Å². The Morgan fingerprint density at radius 1 is 0.864 bits per heavy atom. The molecule has 0 heterocycles. The molecule has 2 aromatic rings. The molecule has 4 heteroatoms. The van der Waals surface area contributed by atoms with Crippen molar-refractivity contribution in [2.75, 3.05) is 0 Å². The third-order valence-electron chi connectivity index (χ3n) is 2.85. The molecule has 0 amide bonds. The van der Waals surface area contributed by atoms with Crippen molar-refractivity contribution in [1.29, 1.82) is 5.26 Å². The van der Waals surface area contributed by atoms with Crippen molar-refractivity contribution < 1.29 is 0 Å². The topological polar surface area (TPSA) is 36.9 Å². The van der Waals surface area contributed by atoms with E-state index in [1.165, 1.54) is 0 Å². The molecular weight excluding hydrogens is 272 g/mol. The smallest absolute Gasteiger partial charge is 0.226 e. The molecule has 0 saturated carbocycles. The first kappa shape index (κ1) is 16.5. The molecule has 0 fully saturated rings. The van der Waals surface area contributed by atoms with Crippen molar-refractivity contribution >= 4 is 22.3 Å². The zero-order chi connectivity index (χ0) is 16.5. The van der Waals surface area contributed by atoms with Crippen LogP contribution >= 0.6 is 0 Å². The van der Waals surface area contributed by atoms with Gasteiger partial charge in [-0.3, -0.25) is 0 Å². The van der Waals surface area contributed by atoms with Gasteiger partial charge >= 0.3 is 5.82 Å². The van der Waals surface area contributed by atoms with E-state index >= 15 is 0 Å². The highest BCUT2D eigenvalue weighted by atomic mass is 14.9. The van der Waals surface area contributed by atoms with Crippen LogP contribution < -0.4 is 10.4 Å². The summed E-state index contributed by atoms with van der Waals surface area (Å²) >= 11 is 0. The highest BCUT2D eigenvalue weighted by molar-refractivity contribution is 5.89. The lowest BCUT2D eigenvalue weighted by Gasteiger charge is -1.99. The van der Waals surface area contributed by atoms with Gasteiger partial charge in [0.05, 0.1) is 17.9 Å². The minimum Gasteiger partial charge on any atom is -0.226 e. The van der Waals surface area contributed by atoms with E-state index in [2.05, 4.69) is 14.5 Å². The van der Waals surface area contributed by atoms with Gasteiger partial charge in [0, 0.05) is 0 Å². The maximum atomic E-state index is 9.01. The molecule has 0 aromatic heterocycles. The highest BCUT2D eigenvalue weighted by Crippen LogP contribution is 2.09. The second kappa shape index (κ2) is 7.86. The van der Waals surface area contributed by atoms with Crippen LogP contribution in [0.15, 0.2) is 36.4 Å². The number of rotatable bonds is 0. The van der Waals surface area contributed by atoms with Crippen LogP contribution in [0.25, 0.3) is 36.8 Å². The Morgan fingerprint density at radius 3 is 1.82 bits per heavy atom. The third-order valence-corrected chi connectivity index (χ3v) is 2.85.